The quantitative estimate of drug-likeness (QED) is 0.869. The SMILES string of the molecule is CCOc1c(C)cc(NC(=O)C(C)C)cc1C. The first-order valence-electron chi connectivity index (χ1n) is 6.00. The molecule has 0 saturated carbocycles. The predicted octanol–water partition coefficient (Wildman–Crippen LogP) is 3.30. The topological polar surface area (TPSA) is 38.3 Å². The molecule has 0 fully saturated rings. The zero-order valence-corrected chi connectivity index (χ0v) is 11.3. The van der Waals surface area contributed by atoms with Crippen LogP contribution in [0.5, 0.6) is 5.75 Å². The molecular formula is C14H21NO2. The molecule has 0 spiro atoms. The minimum absolute atomic E-state index is 0.0119. The van der Waals surface area contributed by atoms with E-state index in [9.17, 15) is 4.79 Å². The molecule has 1 rings (SSSR count). The third-order valence-corrected chi connectivity index (χ3v) is 2.54. The molecule has 0 unspecified atom stereocenters. The molecule has 1 amide bonds. The van der Waals surface area contributed by atoms with Crippen LogP contribution >= 0.6 is 0 Å². The van der Waals surface area contributed by atoms with Crippen molar-refractivity contribution in [2.24, 2.45) is 5.92 Å². The van der Waals surface area contributed by atoms with E-state index in [4.69, 9.17) is 4.74 Å². The molecule has 0 heterocycles. The molecule has 0 saturated heterocycles. The molecule has 1 N–H and O–H groups in total. The molecule has 1 aromatic carbocycles. The third-order valence-electron chi connectivity index (χ3n) is 2.54. The highest BCUT2D eigenvalue weighted by Crippen LogP contribution is 2.27. The molecular weight excluding hydrogens is 214 g/mol. The van der Waals surface area contributed by atoms with Crippen LogP contribution in [0.25, 0.3) is 0 Å². The summed E-state index contributed by atoms with van der Waals surface area (Å²) in [4.78, 5) is 11.6. The second-order valence-electron chi connectivity index (χ2n) is 4.52. The number of carbonyl (C=O) groups excluding carboxylic acids is 1. The first-order chi connectivity index (χ1) is 7.95. The predicted molar refractivity (Wildman–Crippen MR) is 70.6 cm³/mol. The van der Waals surface area contributed by atoms with Gasteiger partial charge >= 0.3 is 0 Å². The van der Waals surface area contributed by atoms with Crippen molar-refractivity contribution in [3.05, 3.63) is 23.3 Å². The van der Waals surface area contributed by atoms with Gasteiger partial charge in [-0.3, -0.25) is 4.79 Å². The summed E-state index contributed by atoms with van der Waals surface area (Å²) in [5.41, 5.74) is 2.93. The Labute approximate surface area is 103 Å². The van der Waals surface area contributed by atoms with Gasteiger partial charge < -0.3 is 10.1 Å². The lowest BCUT2D eigenvalue weighted by Crippen LogP contribution is -2.17. The maximum atomic E-state index is 11.6. The zero-order chi connectivity index (χ0) is 13.0. The summed E-state index contributed by atoms with van der Waals surface area (Å²) in [5, 5.41) is 2.90. The number of rotatable bonds is 4. The maximum Gasteiger partial charge on any atom is 0.226 e. The smallest absolute Gasteiger partial charge is 0.226 e. The number of ether oxygens (including phenoxy) is 1. The second-order valence-corrected chi connectivity index (χ2v) is 4.52. The van der Waals surface area contributed by atoms with E-state index < -0.39 is 0 Å². The van der Waals surface area contributed by atoms with Crippen LogP contribution in [0.3, 0.4) is 0 Å². The van der Waals surface area contributed by atoms with Crippen molar-refractivity contribution in [3.8, 4) is 5.75 Å². The summed E-state index contributed by atoms with van der Waals surface area (Å²) in [6, 6.07) is 3.89. The minimum Gasteiger partial charge on any atom is -0.493 e. The molecule has 0 atom stereocenters. The Morgan fingerprint density at radius 2 is 1.82 bits per heavy atom. The molecule has 0 aliphatic heterocycles. The van der Waals surface area contributed by atoms with Gasteiger partial charge in [0.25, 0.3) is 0 Å². The van der Waals surface area contributed by atoms with Gasteiger partial charge in [-0.2, -0.15) is 0 Å². The van der Waals surface area contributed by atoms with Crippen molar-refractivity contribution < 1.29 is 9.53 Å². The Morgan fingerprint density at radius 1 is 1.29 bits per heavy atom. The lowest BCUT2D eigenvalue weighted by molar-refractivity contribution is -0.118. The van der Waals surface area contributed by atoms with Gasteiger partial charge in [-0.1, -0.05) is 13.8 Å². The first kappa shape index (κ1) is 13.6. The van der Waals surface area contributed by atoms with E-state index >= 15 is 0 Å². The van der Waals surface area contributed by atoms with Crippen molar-refractivity contribution in [2.75, 3.05) is 11.9 Å². The Hall–Kier alpha value is -1.51. The summed E-state index contributed by atoms with van der Waals surface area (Å²) in [7, 11) is 0. The van der Waals surface area contributed by atoms with E-state index in [1.165, 1.54) is 0 Å². The Balaban J connectivity index is 2.94. The zero-order valence-electron chi connectivity index (χ0n) is 11.3. The second kappa shape index (κ2) is 5.71. The van der Waals surface area contributed by atoms with Crippen LogP contribution in [0.15, 0.2) is 12.1 Å². The van der Waals surface area contributed by atoms with Crippen molar-refractivity contribution in [1.82, 2.24) is 0 Å². The van der Waals surface area contributed by atoms with Gasteiger partial charge in [0.15, 0.2) is 0 Å². The molecule has 0 bridgehead atoms. The highest BCUT2D eigenvalue weighted by molar-refractivity contribution is 5.92. The van der Waals surface area contributed by atoms with Crippen LogP contribution in [0.2, 0.25) is 0 Å². The number of nitrogens with one attached hydrogen (secondary N) is 1. The largest absolute Gasteiger partial charge is 0.493 e. The van der Waals surface area contributed by atoms with E-state index in [2.05, 4.69) is 5.32 Å². The summed E-state index contributed by atoms with van der Waals surface area (Å²) < 4.78 is 5.56. The molecule has 0 aliphatic carbocycles. The van der Waals surface area contributed by atoms with Gasteiger partial charge in [0.05, 0.1) is 6.61 Å². The van der Waals surface area contributed by atoms with E-state index in [1.54, 1.807) is 0 Å². The standard InChI is InChI=1S/C14H21NO2/c1-6-17-13-10(4)7-12(8-11(13)5)15-14(16)9(2)3/h7-9H,6H2,1-5H3,(H,15,16). The van der Waals surface area contributed by atoms with Crippen LogP contribution in [-0.2, 0) is 4.79 Å². The van der Waals surface area contributed by atoms with E-state index in [-0.39, 0.29) is 11.8 Å². The molecule has 0 radical (unpaired) electrons. The highest BCUT2D eigenvalue weighted by atomic mass is 16.5. The van der Waals surface area contributed by atoms with Crippen LogP contribution in [0, 0.1) is 19.8 Å². The average Bonchev–Trinajstić information content (AvgIpc) is 2.23. The molecule has 0 aliphatic rings. The van der Waals surface area contributed by atoms with Gasteiger partial charge in [0, 0.05) is 11.6 Å². The van der Waals surface area contributed by atoms with Crippen molar-refractivity contribution in [2.45, 2.75) is 34.6 Å². The van der Waals surface area contributed by atoms with Crippen LogP contribution in [-0.4, -0.2) is 12.5 Å². The normalized spacial score (nSPS) is 10.5. The number of hydrogen-bond acceptors (Lipinski definition) is 2. The fourth-order valence-electron chi connectivity index (χ4n) is 1.68. The summed E-state index contributed by atoms with van der Waals surface area (Å²) >= 11 is 0. The van der Waals surface area contributed by atoms with Gasteiger partial charge in [-0.05, 0) is 44.0 Å². The molecule has 1 aromatic rings. The summed E-state index contributed by atoms with van der Waals surface area (Å²) in [5.74, 6) is 0.935. The number of benzene rings is 1. The monoisotopic (exact) mass is 235 g/mol. The number of anilines is 1. The van der Waals surface area contributed by atoms with E-state index in [0.29, 0.717) is 6.61 Å². The molecule has 3 nitrogen and oxygen atoms in total. The van der Waals surface area contributed by atoms with Gasteiger partial charge in [0.2, 0.25) is 5.91 Å². The van der Waals surface area contributed by atoms with E-state index in [0.717, 1.165) is 22.6 Å². The van der Waals surface area contributed by atoms with Crippen molar-refractivity contribution in [3.63, 3.8) is 0 Å². The number of amides is 1. The van der Waals surface area contributed by atoms with Gasteiger partial charge in [-0.15, -0.1) is 0 Å². The van der Waals surface area contributed by atoms with Gasteiger partial charge in [-0.25, -0.2) is 0 Å². The van der Waals surface area contributed by atoms with Crippen LogP contribution in [0.1, 0.15) is 31.9 Å². The third kappa shape index (κ3) is 3.48. The fourth-order valence-corrected chi connectivity index (χ4v) is 1.68. The minimum atomic E-state index is -0.0119. The molecule has 0 aromatic heterocycles. The number of hydrogen-bond donors (Lipinski definition) is 1. The Bertz CT molecular complexity index is 388. The lowest BCUT2D eigenvalue weighted by Gasteiger charge is -2.14. The van der Waals surface area contributed by atoms with E-state index in [1.807, 2.05) is 46.8 Å². The number of aryl methyl sites for hydroxylation is 2. The van der Waals surface area contributed by atoms with Crippen LogP contribution in [0.4, 0.5) is 5.69 Å². The first-order valence-corrected chi connectivity index (χ1v) is 6.00. The van der Waals surface area contributed by atoms with Crippen molar-refractivity contribution >= 4 is 11.6 Å². The van der Waals surface area contributed by atoms with Crippen LogP contribution < -0.4 is 10.1 Å². The lowest BCUT2D eigenvalue weighted by atomic mass is 10.1. The molecule has 94 valence electrons. The molecule has 17 heavy (non-hydrogen) atoms. The Kier molecular flexibility index (Phi) is 4.55. The average molecular weight is 235 g/mol. The van der Waals surface area contributed by atoms with Gasteiger partial charge in [0.1, 0.15) is 5.75 Å². The summed E-state index contributed by atoms with van der Waals surface area (Å²) in [6.45, 7) is 10.4. The highest BCUT2D eigenvalue weighted by Gasteiger charge is 2.10. The fraction of sp³-hybridized carbons (Fsp3) is 0.500. The summed E-state index contributed by atoms with van der Waals surface area (Å²) in [6.07, 6.45) is 0. The Morgan fingerprint density at radius 3 is 2.24 bits per heavy atom. The maximum absolute atomic E-state index is 11.6. The van der Waals surface area contributed by atoms with Crippen molar-refractivity contribution in [1.29, 1.82) is 0 Å². The molecule has 3 heteroatoms. The number of carbonyl (C=O) groups is 1.